The second-order valence-corrected chi connectivity index (χ2v) is 7.07. The van der Waals surface area contributed by atoms with Gasteiger partial charge in [0.2, 0.25) is 5.13 Å². The van der Waals surface area contributed by atoms with Gasteiger partial charge < -0.3 is 14.2 Å². The third-order valence-corrected chi connectivity index (χ3v) is 4.54. The summed E-state index contributed by atoms with van der Waals surface area (Å²) in [6.07, 6.45) is 1.87. The fourth-order valence-corrected chi connectivity index (χ4v) is 3.22. The number of rotatable bonds is 8. The molecular weight excluding hydrogens is 374 g/mol. The Labute approximate surface area is 168 Å². The molecule has 1 heterocycles. The van der Waals surface area contributed by atoms with Crippen LogP contribution < -0.4 is 19.6 Å². The summed E-state index contributed by atoms with van der Waals surface area (Å²) in [7, 11) is 3.26. The SMILES string of the molecule is COc1ccc(-c2csc(N/N=C\c3cccc(OC(C)C)c3)n2)c(OC)c1. The Hall–Kier alpha value is -3.06. The van der Waals surface area contributed by atoms with Gasteiger partial charge in [0, 0.05) is 17.0 Å². The van der Waals surface area contributed by atoms with Crippen molar-refractivity contribution < 1.29 is 14.2 Å². The lowest BCUT2D eigenvalue weighted by atomic mass is 10.1. The number of anilines is 1. The smallest absolute Gasteiger partial charge is 0.203 e. The molecule has 0 bridgehead atoms. The topological polar surface area (TPSA) is 65.0 Å². The normalized spacial score (nSPS) is 11.0. The van der Waals surface area contributed by atoms with Crippen LogP contribution in [0.3, 0.4) is 0 Å². The third-order valence-electron chi connectivity index (χ3n) is 3.79. The molecule has 0 saturated carbocycles. The fourth-order valence-electron chi connectivity index (χ4n) is 2.56. The molecule has 0 aliphatic rings. The van der Waals surface area contributed by atoms with E-state index in [4.69, 9.17) is 14.2 Å². The van der Waals surface area contributed by atoms with Crippen molar-refractivity contribution in [3.05, 3.63) is 53.4 Å². The Morgan fingerprint density at radius 1 is 1.07 bits per heavy atom. The summed E-state index contributed by atoms with van der Waals surface area (Å²) in [6, 6.07) is 13.4. The van der Waals surface area contributed by atoms with Gasteiger partial charge in [0.1, 0.15) is 17.2 Å². The van der Waals surface area contributed by atoms with E-state index in [-0.39, 0.29) is 6.10 Å². The maximum atomic E-state index is 5.70. The second kappa shape index (κ2) is 9.23. The minimum atomic E-state index is 0.133. The number of aromatic nitrogens is 1. The molecule has 146 valence electrons. The van der Waals surface area contributed by atoms with E-state index < -0.39 is 0 Å². The molecule has 0 aliphatic heterocycles. The molecule has 7 heteroatoms. The Morgan fingerprint density at radius 3 is 2.68 bits per heavy atom. The summed E-state index contributed by atoms with van der Waals surface area (Å²) in [4.78, 5) is 4.58. The summed E-state index contributed by atoms with van der Waals surface area (Å²) >= 11 is 1.47. The van der Waals surface area contributed by atoms with Crippen molar-refractivity contribution in [2.45, 2.75) is 20.0 Å². The molecule has 0 radical (unpaired) electrons. The van der Waals surface area contributed by atoms with Crippen LogP contribution in [0, 0.1) is 0 Å². The average molecular weight is 398 g/mol. The number of benzene rings is 2. The number of methoxy groups -OCH3 is 2. The van der Waals surface area contributed by atoms with Crippen LogP contribution in [0.4, 0.5) is 5.13 Å². The molecule has 2 aromatic carbocycles. The van der Waals surface area contributed by atoms with Crippen molar-refractivity contribution in [2.24, 2.45) is 5.10 Å². The van der Waals surface area contributed by atoms with E-state index in [1.807, 2.05) is 61.7 Å². The molecule has 6 nitrogen and oxygen atoms in total. The minimum Gasteiger partial charge on any atom is -0.497 e. The Morgan fingerprint density at radius 2 is 1.93 bits per heavy atom. The first-order chi connectivity index (χ1) is 13.6. The molecular formula is C21H23N3O3S. The van der Waals surface area contributed by atoms with E-state index in [0.717, 1.165) is 28.3 Å². The molecule has 0 saturated heterocycles. The van der Waals surface area contributed by atoms with Crippen LogP contribution in [0.15, 0.2) is 52.9 Å². The number of hydrazone groups is 1. The van der Waals surface area contributed by atoms with Gasteiger partial charge in [-0.3, -0.25) is 5.43 Å². The van der Waals surface area contributed by atoms with Crippen LogP contribution in [-0.2, 0) is 0 Å². The van der Waals surface area contributed by atoms with E-state index in [1.54, 1.807) is 20.4 Å². The molecule has 3 rings (SSSR count). The van der Waals surface area contributed by atoms with Crippen molar-refractivity contribution >= 4 is 22.7 Å². The van der Waals surface area contributed by atoms with Crippen LogP contribution in [-0.4, -0.2) is 31.5 Å². The molecule has 0 atom stereocenters. The predicted octanol–water partition coefficient (Wildman–Crippen LogP) is 5.06. The van der Waals surface area contributed by atoms with Gasteiger partial charge in [-0.2, -0.15) is 5.10 Å². The quantitative estimate of drug-likeness (QED) is 0.425. The highest BCUT2D eigenvalue weighted by Gasteiger charge is 2.11. The van der Waals surface area contributed by atoms with Crippen molar-refractivity contribution in [1.82, 2.24) is 4.98 Å². The van der Waals surface area contributed by atoms with Crippen molar-refractivity contribution in [2.75, 3.05) is 19.6 Å². The standard InChI is InChI=1S/C21H23N3O3S/c1-14(2)27-17-7-5-6-15(10-17)12-22-24-21-23-19(13-28-21)18-9-8-16(25-3)11-20(18)26-4/h5-14H,1-4H3,(H,23,24)/b22-12-. The molecule has 1 N–H and O–H groups in total. The number of nitrogens with zero attached hydrogens (tertiary/aromatic N) is 2. The molecule has 0 spiro atoms. The summed E-state index contributed by atoms with van der Waals surface area (Å²) in [5.41, 5.74) is 5.63. The Balaban J connectivity index is 1.69. The maximum Gasteiger partial charge on any atom is 0.203 e. The fraction of sp³-hybridized carbons (Fsp3) is 0.238. The van der Waals surface area contributed by atoms with Gasteiger partial charge in [-0.05, 0) is 43.7 Å². The van der Waals surface area contributed by atoms with Crippen molar-refractivity contribution in [1.29, 1.82) is 0 Å². The molecule has 0 fully saturated rings. The highest BCUT2D eigenvalue weighted by atomic mass is 32.1. The zero-order valence-electron chi connectivity index (χ0n) is 16.3. The predicted molar refractivity (Wildman–Crippen MR) is 114 cm³/mol. The highest BCUT2D eigenvalue weighted by molar-refractivity contribution is 7.14. The van der Waals surface area contributed by atoms with E-state index in [1.165, 1.54) is 11.3 Å². The number of nitrogens with one attached hydrogen (secondary N) is 1. The largest absolute Gasteiger partial charge is 0.497 e. The minimum absolute atomic E-state index is 0.133. The molecule has 0 amide bonds. The first-order valence-electron chi connectivity index (χ1n) is 8.82. The van der Waals surface area contributed by atoms with E-state index >= 15 is 0 Å². The highest BCUT2D eigenvalue weighted by Crippen LogP contribution is 2.34. The van der Waals surface area contributed by atoms with Gasteiger partial charge in [0.15, 0.2) is 0 Å². The van der Waals surface area contributed by atoms with Gasteiger partial charge in [-0.25, -0.2) is 4.98 Å². The lowest BCUT2D eigenvalue weighted by molar-refractivity contribution is 0.242. The lowest BCUT2D eigenvalue weighted by Gasteiger charge is -2.09. The second-order valence-electron chi connectivity index (χ2n) is 6.21. The summed E-state index contributed by atoms with van der Waals surface area (Å²) in [5, 5.41) is 6.93. The van der Waals surface area contributed by atoms with E-state index in [9.17, 15) is 0 Å². The van der Waals surface area contributed by atoms with Gasteiger partial charge in [0.25, 0.3) is 0 Å². The Kier molecular flexibility index (Phi) is 6.49. The van der Waals surface area contributed by atoms with Gasteiger partial charge >= 0.3 is 0 Å². The monoisotopic (exact) mass is 397 g/mol. The molecule has 0 aliphatic carbocycles. The molecule has 0 unspecified atom stereocenters. The first kappa shape index (κ1) is 19.7. The van der Waals surface area contributed by atoms with Gasteiger partial charge in [-0.15, -0.1) is 11.3 Å². The maximum absolute atomic E-state index is 5.70. The summed E-state index contributed by atoms with van der Waals surface area (Å²) in [6.45, 7) is 4.00. The lowest BCUT2D eigenvalue weighted by Crippen LogP contribution is -2.05. The number of hydrogen-bond acceptors (Lipinski definition) is 7. The summed E-state index contributed by atoms with van der Waals surface area (Å²) in [5.74, 6) is 2.27. The van der Waals surface area contributed by atoms with Crippen LogP contribution in [0.2, 0.25) is 0 Å². The number of thiazole rings is 1. The van der Waals surface area contributed by atoms with Crippen LogP contribution in [0.1, 0.15) is 19.4 Å². The van der Waals surface area contributed by atoms with E-state index in [2.05, 4.69) is 15.5 Å². The molecule has 3 aromatic rings. The van der Waals surface area contributed by atoms with Crippen LogP contribution in [0.5, 0.6) is 17.2 Å². The van der Waals surface area contributed by atoms with E-state index in [0.29, 0.717) is 10.9 Å². The number of ether oxygens (including phenoxy) is 3. The average Bonchev–Trinajstić information content (AvgIpc) is 3.16. The van der Waals surface area contributed by atoms with Gasteiger partial charge in [-0.1, -0.05) is 12.1 Å². The number of hydrogen-bond donors (Lipinski definition) is 1. The van der Waals surface area contributed by atoms with Crippen LogP contribution >= 0.6 is 11.3 Å². The molecule has 28 heavy (non-hydrogen) atoms. The van der Waals surface area contributed by atoms with Crippen molar-refractivity contribution in [3.63, 3.8) is 0 Å². The third kappa shape index (κ3) is 5.01. The first-order valence-corrected chi connectivity index (χ1v) is 9.70. The zero-order valence-corrected chi connectivity index (χ0v) is 17.1. The summed E-state index contributed by atoms with van der Waals surface area (Å²) < 4.78 is 16.4. The molecule has 1 aromatic heterocycles. The van der Waals surface area contributed by atoms with Gasteiger partial charge in [0.05, 0.1) is 32.2 Å². The van der Waals surface area contributed by atoms with Crippen molar-refractivity contribution in [3.8, 4) is 28.5 Å². The zero-order chi connectivity index (χ0) is 19.9. The Bertz CT molecular complexity index is 954. The van der Waals surface area contributed by atoms with Crippen LogP contribution in [0.25, 0.3) is 11.3 Å².